The molecule has 0 aliphatic heterocycles. The largest absolute Gasteiger partial charge is 0.357 e. The van der Waals surface area contributed by atoms with E-state index in [-0.39, 0.29) is 0 Å². The van der Waals surface area contributed by atoms with Crippen molar-refractivity contribution in [3.05, 3.63) is 34.9 Å². The molecule has 0 aromatic heterocycles. The van der Waals surface area contributed by atoms with Crippen LogP contribution in [-0.2, 0) is 6.54 Å². The molecule has 0 bridgehead atoms. The van der Waals surface area contributed by atoms with E-state index in [4.69, 9.17) is 11.6 Å². The van der Waals surface area contributed by atoms with Crippen LogP contribution in [-0.4, -0.2) is 31.5 Å². The lowest BCUT2D eigenvalue weighted by molar-refractivity contribution is 0.479. The second kappa shape index (κ2) is 6.38. The quantitative estimate of drug-likeness (QED) is 0.648. The molecule has 4 heteroatoms. The Morgan fingerprint density at radius 2 is 2.25 bits per heavy atom. The number of guanidine groups is 1. The topological polar surface area (TPSA) is 27.6 Å². The standard InChI is InChI=1S/C12H18ClN3/c1-4-15-12(14-2)16(3)9-10-6-5-7-11(13)8-10/h5-8H,4,9H2,1-3H3,(H,14,15). The zero-order valence-corrected chi connectivity index (χ0v) is 10.8. The maximum Gasteiger partial charge on any atom is 0.193 e. The summed E-state index contributed by atoms with van der Waals surface area (Å²) in [6, 6.07) is 7.87. The van der Waals surface area contributed by atoms with E-state index in [2.05, 4.69) is 28.2 Å². The van der Waals surface area contributed by atoms with E-state index in [1.165, 1.54) is 5.56 Å². The molecule has 0 radical (unpaired) electrons. The number of halogens is 1. The van der Waals surface area contributed by atoms with Gasteiger partial charge in [0.1, 0.15) is 0 Å². The third kappa shape index (κ3) is 3.74. The summed E-state index contributed by atoms with van der Waals surface area (Å²) in [7, 11) is 3.79. The monoisotopic (exact) mass is 239 g/mol. The van der Waals surface area contributed by atoms with Crippen molar-refractivity contribution in [3.8, 4) is 0 Å². The Balaban J connectivity index is 2.66. The van der Waals surface area contributed by atoms with Gasteiger partial charge in [0.2, 0.25) is 0 Å². The van der Waals surface area contributed by atoms with Gasteiger partial charge in [-0.15, -0.1) is 0 Å². The van der Waals surface area contributed by atoms with Crippen molar-refractivity contribution in [1.29, 1.82) is 0 Å². The Hall–Kier alpha value is -1.22. The van der Waals surface area contributed by atoms with Gasteiger partial charge in [-0.1, -0.05) is 23.7 Å². The van der Waals surface area contributed by atoms with E-state index < -0.39 is 0 Å². The average molecular weight is 240 g/mol. The first-order valence-corrected chi connectivity index (χ1v) is 5.71. The van der Waals surface area contributed by atoms with Crippen LogP contribution in [0, 0.1) is 0 Å². The highest BCUT2D eigenvalue weighted by molar-refractivity contribution is 6.30. The van der Waals surface area contributed by atoms with Gasteiger partial charge in [-0.05, 0) is 24.6 Å². The Labute approximate surface area is 102 Å². The van der Waals surface area contributed by atoms with Crippen molar-refractivity contribution in [2.24, 2.45) is 4.99 Å². The fourth-order valence-electron chi connectivity index (χ4n) is 1.53. The number of nitrogens with one attached hydrogen (secondary N) is 1. The molecule has 0 aliphatic rings. The van der Waals surface area contributed by atoms with Gasteiger partial charge in [0.05, 0.1) is 0 Å². The number of rotatable bonds is 3. The van der Waals surface area contributed by atoms with Crippen molar-refractivity contribution in [2.45, 2.75) is 13.5 Å². The minimum atomic E-state index is 0.768. The van der Waals surface area contributed by atoms with Crippen LogP contribution in [0.2, 0.25) is 5.02 Å². The minimum Gasteiger partial charge on any atom is -0.357 e. The Bertz CT molecular complexity index is 363. The summed E-state index contributed by atoms with van der Waals surface area (Å²) in [5.41, 5.74) is 1.18. The average Bonchev–Trinajstić information content (AvgIpc) is 2.25. The molecule has 1 aromatic carbocycles. The summed E-state index contributed by atoms with van der Waals surface area (Å²) in [6.07, 6.45) is 0. The summed E-state index contributed by atoms with van der Waals surface area (Å²) in [4.78, 5) is 6.26. The molecule has 1 rings (SSSR count). The van der Waals surface area contributed by atoms with Crippen molar-refractivity contribution >= 4 is 17.6 Å². The van der Waals surface area contributed by atoms with Gasteiger partial charge in [0, 0.05) is 32.2 Å². The molecule has 1 aromatic rings. The van der Waals surface area contributed by atoms with Crippen molar-refractivity contribution < 1.29 is 0 Å². The minimum absolute atomic E-state index is 0.768. The van der Waals surface area contributed by atoms with Gasteiger partial charge in [-0.25, -0.2) is 0 Å². The molecule has 0 fully saturated rings. The molecule has 1 N–H and O–H groups in total. The maximum atomic E-state index is 5.94. The first kappa shape index (κ1) is 12.8. The van der Waals surface area contributed by atoms with Gasteiger partial charge >= 0.3 is 0 Å². The smallest absolute Gasteiger partial charge is 0.193 e. The van der Waals surface area contributed by atoms with Gasteiger partial charge in [0.15, 0.2) is 5.96 Å². The zero-order chi connectivity index (χ0) is 12.0. The van der Waals surface area contributed by atoms with E-state index in [1.54, 1.807) is 7.05 Å². The SMILES string of the molecule is CCNC(=NC)N(C)Cc1cccc(Cl)c1. The third-order valence-electron chi connectivity index (χ3n) is 2.22. The number of hydrogen-bond donors (Lipinski definition) is 1. The maximum absolute atomic E-state index is 5.94. The van der Waals surface area contributed by atoms with Crippen molar-refractivity contribution in [1.82, 2.24) is 10.2 Å². The number of aliphatic imine (C=N–C) groups is 1. The molecule has 88 valence electrons. The number of nitrogens with zero attached hydrogens (tertiary/aromatic N) is 2. The van der Waals surface area contributed by atoms with E-state index in [9.17, 15) is 0 Å². The first-order valence-electron chi connectivity index (χ1n) is 5.33. The molecular formula is C12H18ClN3. The van der Waals surface area contributed by atoms with Crippen LogP contribution in [0.4, 0.5) is 0 Å². The summed E-state index contributed by atoms with van der Waals surface area (Å²) in [6.45, 7) is 3.71. The van der Waals surface area contributed by atoms with Crippen LogP contribution in [0.25, 0.3) is 0 Å². The lowest BCUT2D eigenvalue weighted by atomic mass is 10.2. The van der Waals surface area contributed by atoms with Crippen molar-refractivity contribution in [2.75, 3.05) is 20.6 Å². The van der Waals surface area contributed by atoms with E-state index in [0.29, 0.717) is 0 Å². The lowest BCUT2D eigenvalue weighted by Crippen LogP contribution is -2.38. The summed E-state index contributed by atoms with van der Waals surface area (Å²) in [5.74, 6) is 0.891. The third-order valence-corrected chi connectivity index (χ3v) is 2.45. The highest BCUT2D eigenvalue weighted by atomic mass is 35.5. The summed E-state index contributed by atoms with van der Waals surface area (Å²) < 4.78 is 0. The lowest BCUT2D eigenvalue weighted by Gasteiger charge is -2.21. The van der Waals surface area contributed by atoms with Crippen LogP contribution >= 0.6 is 11.6 Å². The summed E-state index contributed by atoms with van der Waals surface area (Å²) in [5, 5.41) is 3.98. The highest BCUT2D eigenvalue weighted by Crippen LogP contribution is 2.12. The Morgan fingerprint density at radius 1 is 1.50 bits per heavy atom. The predicted octanol–water partition coefficient (Wildman–Crippen LogP) is 2.37. The van der Waals surface area contributed by atoms with Gasteiger partial charge < -0.3 is 10.2 Å². The zero-order valence-electron chi connectivity index (χ0n) is 10.00. The molecule has 0 saturated heterocycles. The molecule has 0 aliphatic carbocycles. The molecule has 0 amide bonds. The van der Waals surface area contributed by atoms with E-state index in [1.807, 2.05) is 25.2 Å². The second-order valence-electron chi connectivity index (χ2n) is 3.56. The Morgan fingerprint density at radius 3 is 2.81 bits per heavy atom. The molecule has 0 unspecified atom stereocenters. The molecule has 0 spiro atoms. The predicted molar refractivity (Wildman–Crippen MR) is 70.0 cm³/mol. The highest BCUT2D eigenvalue weighted by Gasteiger charge is 2.05. The summed E-state index contributed by atoms with van der Waals surface area (Å²) >= 11 is 5.94. The van der Waals surface area contributed by atoms with Crippen LogP contribution in [0.15, 0.2) is 29.3 Å². The second-order valence-corrected chi connectivity index (χ2v) is 4.00. The van der Waals surface area contributed by atoms with Crippen LogP contribution < -0.4 is 5.32 Å². The van der Waals surface area contributed by atoms with Crippen molar-refractivity contribution in [3.63, 3.8) is 0 Å². The molecular weight excluding hydrogens is 222 g/mol. The van der Waals surface area contributed by atoms with Gasteiger partial charge in [0.25, 0.3) is 0 Å². The van der Waals surface area contributed by atoms with Gasteiger partial charge in [-0.3, -0.25) is 4.99 Å². The molecule has 0 heterocycles. The molecule has 16 heavy (non-hydrogen) atoms. The molecule has 0 atom stereocenters. The fraction of sp³-hybridized carbons (Fsp3) is 0.417. The van der Waals surface area contributed by atoms with Gasteiger partial charge in [-0.2, -0.15) is 0 Å². The van der Waals surface area contributed by atoms with Crippen LogP contribution in [0.3, 0.4) is 0 Å². The number of hydrogen-bond acceptors (Lipinski definition) is 1. The molecule has 0 saturated carbocycles. The van der Waals surface area contributed by atoms with Crippen LogP contribution in [0.1, 0.15) is 12.5 Å². The van der Waals surface area contributed by atoms with Crippen LogP contribution in [0.5, 0.6) is 0 Å². The first-order chi connectivity index (χ1) is 7.67. The molecule has 3 nitrogen and oxygen atoms in total. The Kier molecular flexibility index (Phi) is 5.12. The van der Waals surface area contributed by atoms with E-state index in [0.717, 1.165) is 24.1 Å². The fourth-order valence-corrected chi connectivity index (χ4v) is 1.74. The normalized spacial score (nSPS) is 11.4. The van der Waals surface area contributed by atoms with E-state index >= 15 is 0 Å². The number of benzene rings is 1.